The first-order valence-electron chi connectivity index (χ1n) is 20.2. The molecule has 1 aliphatic carbocycles. The zero-order valence-electron chi connectivity index (χ0n) is 32.0. The summed E-state index contributed by atoms with van der Waals surface area (Å²) in [5.41, 5.74) is 13.3. The molecule has 1 aromatic heterocycles. The number of para-hydroxylation sites is 1. The van der Waals surface area contributed by atoms with Crippen LogP contribution in [0.1, 0.15) is 12.0 Å². The molecule has 0 spiro atoms. The molecule has 0 N–H and O–H groups in total. The number of fused-ring (bicyclic) bond motifs is 5. The average Bonchev–Trinajstić information content (AvgIpc) is 3.62. The molecule has 58 heavy (non-hydrogen) atoms. The molecule has 2 heteroatoms. The summed E-state index contributed by atoms with van der Waals surface area (Å²) in [6.07, 6.45) is 7.98. The number of benzene rings is 9. The lowest BCUT2D eigenvalue weighted by Gasteiger charge is -2.33. The molecule has 9 aromatic carbocycles. The highest BCUT2D eigenvalue weighted by Gasteiger charge is 2.21. The first-order valence-corrected chi connectivity index (χ1v) is 20.2. The Bertz CT molecular complexity index is 3170. The van der Waals surface area contributed by atoms with E-state index < -0.39 is 0 Å². The Hall–Kier alpha value is -7.42. The van der Waals surface area contributed by atoms with Gasteiger partial charge in [-0.25, -0.2) is 0 Å². The summed E-state index contributed by atoms with van der Waals surface area (Å²) in [7, 11) is 0. The molecule has 0 saturated heterocycles. The second-order valence-corrected chi connectivity index (χ2v) is 15.3. The second kappa shape index (κ2) is 14.3. The molecule has 0 bridgehead atoms. The van der Waals surface area contributed by atoms with Gasteiger partial charge in [0, 0.05) is 27.8 Å². The van der Waals surface area contributed by atoms with Gasteiger partial charge in [0.1, 0.15) is 0 Å². The molecule has 1 heterocycles. The topological polar surface area (TPSA) is 8.17 Å². The Balaban J connectivity index is 0.915. The third kappa shape index (κ3) is 6.07. The van der Waals surface area contributed by atoms with Crippen LogP contribution in [0.5, 0.6) is 0 Å². The minimum atomic E-state index is 0.167. The van der Waals surface area contributed by atoms with Crippen LogP contribution in [0.2, 0.25) is 0 Å². The minimum Gasteiger partial charge on any atom is -0.334 e. The molecule has 0 aliphatic heterocycles. The quantitative estimate of drug-likeness (QED) is 0.158. The van der Waals surface area contributed by atoms with Gasteiger partial charge < -0.3 is 9.47 Å². The van der Waals surface area contributed by atoms with Crippen molar-refractivity contribution in [3.63, 3.8) is 0 Å². The van der Waals surface area contributed by atoms with Crippen LogP contribution in [0.4, 0.5) is 11.4 Å². The molecule has 10 aromatic rings. The van der Waals surface area contributed by atoms with Crippen LogP contribution in [-0.4, -0.2) is 10.6 Å². The third-order valence-corrected chi connectivity index (χ3v) is 11.9. The highest BCUT2D eigenvalue weighted by molar-refractivity contribution is 6.13. The number of anilines is 2. The highest BCUT2D eigenvalue weighted by Crippen LogP contribution is 2.38. The highest BCUT2D eigenvalue weighted by atomic mass is 15.2. The van der Waals surface area contributed by atoms with Crippen molar-refractivity contribution in [2.75, 3.05) is 4.90 Å². The van der Waals surface area contributed by atoms with E-state index in [4.69, 9.17) is 0 Å². The standard InChI is InChI=1S/C56H40N2/c1-2-10-39(11-3-1)41-20-28-49(29-21-41)57(51-32-26-44(27-33-51)48-19-18-40-12-4-5-13-45(40)36-48)50-30-22-42(23-31-50)43-24-34-52(35-25-43)58-55-17-9-8-16-53(55)54-37-46-14-6-7-15-47(46)38-56(54)58/h1-32,34-38,51H,33H2. The number of nitrogens with zero attached hydrogens (tertiary/aromatic N) is 2. The first-order chi connectivity index (χ1) is 28.7. The fraction of sp³-hybridized carbons (Fsp3) is 0.0357. The molecular weight excluding hydrogens is 701 g/mol. The van der Waals surface area contributed by atoms with Crippen LogP contribution in [0.3, 0.4) is 0 Å². The number of aromatic nitrogens is 1. The SMILES string of the molecule is C1=CC(N(c2ccc(-c3ccccc3)cc2)c2ccc(-c3ccc(-n4c5ccccc5c5cc6ccccc6cc54)cc3)cc2)CC=C1c1ccc2ccccc2c1. The van der Waals surface area contributed by atoms with E-state index in [1.807, 2.05) is 0 Å². The lowest BCUT2D eigenvalue weighted by Crippen LogP contribution is -2.30. The lowest BCUT2D eigenvalue weighted by atomic mass is 9.94. The summed E-state index contributed by atoms with van der Waals surface area (Å²) in [6.45, 7) is 0. The van der Waals surface area contributed by atoms with Gasteiger partial charge in [-0.15, -0.1) is 0 Å². The van der Waals surface area contributed by atoms with Crippen molar-refractivity contribution in [1.29, 1.82) is 0 Å². The molecule has 1 atom stereocenters. The summed E-state index contributed by atoms with van der Waals surface area (Å²) in [4.78, 5) is 2.48. The number of allylic oxidation sites excluding steroid dienone is 2. The molecule has 0 saturated carbocycles. The van der Waals surface area contributed by atoms with Crippen molar-refractivity contribution in [3.8, 4) is 27.9 Å². The van der Waals surface area contributed by atoms with Crippen molar-refractivity contribution < 1.29 is 0 Å². The molecular formula is C56H40N2. The van der Waals surface area contributed by atoms with Crippen molar-refractivity contribution in [3.05, 3.63) is 230 Å². The van der Waals surface area contributed by atoms with Gasteiger partial charge in [-0.3, -0.25) is 0 Å². The maximum absolute atomic E-state index is 2.48. The lowest BCUT2D eigenvalue weighted by molar-refractivity contribution is 0.787. The third-order valence-electron chi connectivity index (χ3n) is 11.9. The Morgan fingerprint density at radius 3 is 1.59 bits per heavy atom. The van der Waals surface area contributed by atoms with Gasteiger partial charge in [0.15, 0.2) is 0 Å². The molecule has 0 fully saturated rings. The number of hydrogen-bond donors (Lipinski definition) is 0. The molecule has 11 rings (SSSR count). The predicted octanol–water partition coefficient (Wildman–Crippen LogP) is 15.0. The fourth-order valence-electron chi connectivity index (χ4n) is 8.91. The fourth-order valence-corrected chi connectivity index (χ4v) is 8.91. The van der Waals surface area contributed by atoms with Gasteiger partial charge in [0.2, 0.25) is 0 Å². The van der Waals surface area contributed by atoms with E-state index in [0.29, 0.717) is 0 Å². The van der Waals surface area contributed by atoms with Crippen LogP contribution in [-0.2, 0) is 0 Å². The Morgan fingerprint density at radius 2 is 0.931 bits per heavy atom. The van der Waals surface area contributed by atoms with E-state index in [1.165, 1.54) is 88.1 Å². The average molecular weight is 741 g/mol. The van der Waals surface area contributed by atoms with Crippen molar-refractivity contribution in [2.45, 2.75) is 12.5 Å². The van der Waals surface area contributed by atoms with Crippen molar-refractivity contribution in [1.82, 2.24) is 4.57 Å². The number of rotatable bonds is 7. The zero-order valence-corrected chi connectivity index (χ0v) is 32.0. The van der Waals surface area contributed by atoms with Gasteiger partial charge in [-0.1, -0.05) is 164 Å². The molecule has 0 amide bonds. The van der Waals surface area contributed by atoms with E-state index in [1.54, 1.807) is 0 Å². The Kier molecular flexibility index (Phi) is 8.33. The molecule has 1 aliphatic rings. The number of hydrogen-bond acceptors (Lipinski definition) is 1. The van der Waals surface area contributed by atoms with Crippen LogP contribution < -0.4 is 4.90 Å². The van der Waals surface area contributed by atoms with Gasteiger partial charge in [0.05, 0.1) is 17.1 Å². The van der Waals surface area contributed by atoms with Gasteiger partial charge in [0.25, 0.3) is 0 Å². The molecule has 1 unspecified atom stereocenters. The second-order valence-electron chi connectivity index (χ2n) is 15.3. The van der Waals surface area contributed by atoms with E-state index in [9.17, 15) is 0 Å². The van der Waals surface area contributed by atoms with Gasteiger partial charge in [-0.05, 0) is 122 Å². The first kappa shape index (κ1) is 33.9. The molecule has 274 valence electrons. The maximum atomic E-state index is 2.48. The van der Waals surface area contributed by atoms with Crippen LogP contribution in [0.15, 0.2) is 224 Å². The van der Waals surface area contributed by atoms with Crippen LogP contribution in [0.25, 0.3) is 76.9 Å². The Labute approximate surface area is 338 Å². The monoisotopic (exact) mass is 740 g/mol. The maximum Gasteiger partial charge on any atom is 0.0560 e. The van der Waals surface area contributed by atoms with Crippen LogP contribution >= 0.6 is 0 Å². The van der Waals surface area contributed by atoms with Crippen molar-refractivity contribution in [2.24, 2.45) is 0 Å². The predicted molar refractivity (Wildman–Crippen MR) is 247 cm³/mol. The molecule has 0 radical (unpaired) electrons. The van der Waals surface area contributed by atoms with Crippen LogP contribution in [0, 0.1) is 0 Å². The van der Waals surface area contributed by atoms with E-state index in [2.05, 4.69) is 234 Å². The van der Waals surface area contributed by atoms with E-state index in [-0.39, 0.29) is 6.04 Å². The summed E-state index contributed by atoms with van der Waals surface area (Å²) in [6, 6.07) is 75.4. The summed E-state index contributed by atoms with van der Waals surface area (Å²) >= 11 is 0. The zero-order chi connectivity index (χ0) is 38.4. The Morgan fingerprint density at radius 1 is 0.397 bits per heavy atom. The molecule has 2 nitrogen and oxygen atoms in total. The largest absolute Gasteiger partial charge is 0.334 e. The van der Waals surface area contributed by atoms with Gasteiger partial charge in [-0.2, -0.15) is 0 Å². The smallest absolute Gasteiger partial charge is 0.0560 e. The van der Waals surface area contributed by atoms with Gasteiger partial charge >= 0.3 is 0 Å². The normalized spacial score (nSPS) is 14.0. The minimum absolute atomic E-state index is 0.167. The summed E-state index contributed by atoms with van der Waals surface area (Å²) < 4.78 is 2.41. The van der Waals surface area contributed by atoms with E-state index in [0.717, 1.165) is 12.1 Å². The van der Waals surface area contributed by atoms with Crippen molar-refractivity contribution >= 4 is 60.3 Å². The van der Waals surface area contributed by atoms with E-state index >= 15 is 0 Å². The summed E-state index contributed by atoms with van der Waals surface area (Å²) in [5.74, 6) is 0. The summed E-state index contributed by atoms with van der Waals surface area (Å²) in [5, 5.41) is 7.61.